The van der Waals surface area contributed by atoms with Crippen molar-refractivity contribution in [3.63, 3.8) is 0 Å². The first-order valence-corrected chi connectivity index (χ1v) is 8.27. The Hall–Kier alpha value is -1.15. The molecule has 1 aromatic carbocycles. The van der Waals surface area contributed by atoms with Gasteiger partial charge in [0.1, 0.15) is 11.4 Å². The molecule has 1 aromatic heterocycles. The number of benzene rings is 1. The third kappa shape index (κ3) is 3.06. The molecule has 1 aliphatic carbocycles. The molecule has 5 nitrogen and oxygen atoms in total. The van der Waals surface area contributed by atoms with Gasteiger partial charge in [0.05, 0.1) is 19.3 Å². The Morgan fingerprint density at radius 1 is 1.33 bits per heavy atom. The van der Waals surface area contributed by atoms with Crippen molar-refractivity contribution in [3.05, 3.63) is 30.5 Å². The molecule has 0 radical (unpaired) electrons. The predicted octanol–water partition coefficient (Wildman–Crippen LogP) is 2.70. The van der Waals surface area contributed by atoms with E-state index in [4.69, 9.17) is 4.74 Å². The third-order valence-corrected chi connectivity index (χ3v) is 5.38. The standard InChI is InChI=1S/C15H18IN3O2/c1-21-12-4-2-11(3-5-12)14-8-19(18-17-14)15-7-10(9-20)6-13(15)16/h2-5,8,10,13,15,20H,6-7,9H2,1H3/t10-,13-,15-/m0/s1. The highest BCUT2D eigenvalue weighted by molar-refractivity contribution is 14.1. The number of hydrogen-bond donors (Lipinski definition) is 1. The van der Waals surface area contributed by atoms with Crippen molar-refractivity contribution in [2.45, 2.75) is 22.8 Å². The molecule has 0 saturated heterocycles. The minimum atomic E-state index is 0.260. The van der Waals surface area contributed by atoms with Crippen molar-refractivity contribution >= 4 is 22.6 Å². The summed E-state index contributed by atoms with van der Waals surface area (Å²) in [6, 6.07) is 8.14. The van der Waals surface area contributed by atoms with E-state index in [1.54, 1.807) is 7.11 Å². The second-order valence-corrected chi connectivity index (χ2v) is 7.02. The van der Waals surface area contributed by atoms with Gasteiger partial charge in [-0.2, -0.15) is 0 Å². The number of aliphatic hydroxyl groups is 1. The highest BCUT2D eigenvalue weighted by atomic mass is 127. The summed E-state index contributed by atoms with van der Waals surface area (Å²) in [4.78, 5) is 0. The molecule has 1 aliphatic rings. The van der Waals surface area contributed by atoms with Crippen LogP contribution in [0.15, 0.2) is 30.5 Å². The quantitative estimate of drug-likeness (QED) is 0.635. The zero-order valence-corrected chi connectivity index (χ0v) is 14.0. The topological polar surface area (TPSA) is 60.2 Å². The van der Waals surface area contributed by atoms with Gasteiger partial charge in [0.25, 0.3) is 0 Å². The minimum Gasteiger partial charge on any atom is -0.497 e. The molecule has 6 heteroatoms. The van der Waals surface area contributed by atoms with Crippen molar-refractivity contribution in [1.29, 1.82) is 0 Å². The van der Waals surface area contributed by atoms with Crippen LogP contribution in [0.25, 0.3) is 11.3 Å². The molecule has 0 aliphatic heterocycles. The Balaban J connectivity index is 1.79. The van der Waals surface area contributed by atoms with E-state index in [9.17, 15) is 5.11 Å². The molecule has 0 amide bonds. The molecule has 3 atom stereocenters. The molecular formula is C15H18IN3O2. The van der Waals surface area contributed by atoms with E-state index in [0.717, 1.165) is 29.8 Å². The number of aliphatic hydroxyl groups excluding tert-OH is 1. The second kappa shape index (κ2) is 6.31. The molecule has 1 fully saturated rings. The molecule has 1 heterocycles. The van der Waals surface area contributed by atoms with Crippen LogP contribution in [0.3, 0.4) is 0 Å². The molecule has 0 bridgehead atoms. The summed E-state index contributed by atoms with van der Waals surface area (Å²) in [5.74, 6) is 1.21. The molecule has 3 rings (SSSR count). The molecule has 1 N–H and O–H groups in total. The van der Waals surface area contributed by atoms with Gasteiger partial charge in [0.2, 0.25) is 0 Å². The van der Waals surface area contributed by atoms with Gasteiger partial charge in [-0.25, -0.2) is 4.68 Å². The van der Waals surface area contributed by atoms with Gasteiger partial charge in [0.15, 0.2) is 0 Å². The number of methoxy groups -OCH3 is 1. The highest BCUT2D eigenvalue weighted by Crippen LogP contribution is 2.39. The lowest BCUT2D eigenvalue weighted by Crippen LogP contribution is -2.14. The lowest BCUT2D eigenvalue weighted by molar-refractivity contribution is 0.225. The number of rotatable bonds is 4. The Morgan fingerprint density at radius 2 is 2.10 bits per heavy atom. The van der Waals surface area contributed by atoms with Gasteiger partial charge in [-0.15, -0.1) is 5.10 Å². The monoisotopic (exact) mass is 399 g/mol. The number of hydrogen-bond acceptors (Lipinski definition) is 4. The molecule has 2 aromatic rings. The fourth-order valence-electron chi connectivity index (χ4n) is 2.82. The number of nitrogens with zero attached hydrogens (tertiary/aromatic N) is 3. The highest BCUT2D eigenvalue weighted by Gasteiger charge is 2.34. The molecule has 0 unspecified atom stereocenters. The van der Waals surface area contributed by atoms with Crippen LogP contribution in [0.5, 0.6) is 5.75 Å². The maximum absolute atomic E-state index is 9.32. The van der Waals surface area contributed by atoms with Crippen molar-refractivity contribution in [2.75, 3.05) is 13.7 Å². The van der Waals surface area contributed by atoms with Crippen LogP contribution in [0.1, 0.15) is 18.9 Å². The molecule has 1 saturated carbocycles. The Kier molecular flexibility index (Phi) is 4.44. The summed E-state index contributed by atoms with van der Waals surface area (Å²) in [7, 11) is 1.66. The van der Waals surface area contributed by atoms with E-state index in [1.165, 1.54) is 0 Å². The third-order valence-electron chi connectivity index (χ3n) is 4.04. The Bertz CT molecular complexity index is 599. The first kappa shape index (κ1) is 14.8. The Labute approximate surface area is 137 Å². The van der Waals surface area contributed by atoms with E-state index in [-0.39, 0.29) is 6.61 Å². The zero-order chi connectivity index (χ0) is 14.8. The summed E-state index contributed by atoms with van der Waals surface area (Å²) in [5.41, 5.74) is 1.90. The fraction of sp³-hybridized carbons (Fsp3) is 0.467. The van der Waals surface area contributed by atoms with E-state index in [2.05, 4.69) is 32.9 Å². The zero-order valence-electron chi connectivity index (χ0n) is 11.8. The van der Waals surface area contributed by atoms with Crippen LogP contribution < -0.4 is 4.74 Å². The van der Waals surface area contributed by atoms with Gasteiger partial charge < -0.3 is 9.84 Å². The summed E-state index contributed by atoms with van der Waals surface area (Å²) >= 11 is 2.45. The van der Waals surface area contributed by atoms with Gasteiger partial charge in [-0.1, -0.05) is 27.8 Å². The predicted molar refractivity (Wildman–Crippen MR) is 88.7 cm³/mol. The van der Waals surface area contributed by atoms with Crippen molar-refractivity contribution in [2.24, 2.45) is 5.92 Å². The average molecular weight is 399 g/mol. The van der Waals surface area contributed by atoms with Crippen LogP contribution in [0.2, 0.25) is 0 Å². The van der Waals surface area contributed by atoms with Crippen molar-refractivity contribution < 1.29 is 9.84 Å². The van der Waals surface area contributed by atoms with E-state index < -0.39 is 0 Å². The summed E-state index contributed by atoms with van der Waals surface area (Å²) < 4.78 is 7.61. The van der Waals surface area contributed by atoms with Gasteiger partial charge >= 0.3 is 0 Å². The first-order valence-electron chi connectivity index (χ1n) is 7.02. The molecule has 0 spiro atoms. The molecule has 112 valence electrons. The second-order valence-electron chi connectivity index (χ2n) is 5.42. The number of aromatic nitrogens is 3. The minimum absolute atomic E-state index is 0.260. The van der Waals surface area contributed by atoms with Crippen LogP contribution in [0.4, 0.5) is 0 Å². The van der Waals surface area contributed by atoms with Crippen LogP contribution in [-0.2, 0) is 0 Å². The normalized spacial score (nSPS) is 25.2. The smallest absolute Gasteiger partial charge is 0.118 e. The van der Waals surface area contributed by atoms with Gasteiger partial charge in [-0.3, -0.25) is 0 Å². The van der Waals surface area contributed by atoms with Crippen LogP contribution in [-0.4, -0.2) is 37.7 Å². The molecule has 21 heavy (non-hydrogen) atoms. The van der Waals surface area contributed by atoms with Crippen LogP contribution >= 0.6 is 22.6 Å². The first-order chi connectivity index (χ1) is 10.2. The maximum atomic E-state index is 9.32. The summed E-state index contributed by atoms with van der Waals surface area (Å²) in [6.45, 7) is 0.260. The summed E-state index contributed by atoms with van der Waals surface area (Å²) in [5, 5.41) is 17.9. The van der Waals surface area contributed by atoms with E-state index >= 15 is 0 Å². The summed E-state index contributed by atoms with van der Waals surface area (Å²) in [6.07, 6.45) is 4.01. The average Bonchev–Trinajstić information content (AvgIpc) is 3.13. The largest absolute Gasteiger partial charge is 0.497 e. The van der Waals surface area contributed by atoms with Crippen molar-refractivity contribution in [1.82, 2.24) is 15.0 Å². The lowest BCUT2D eigenvalue weighted by Gasteiger charge is -2.13. The van der Waals surface area contributed by atoms with Gasteiger partial charge in [-0.05, 0) is 43.0 Å². The molecular weight excluding hydrogens is 381 g/mol. The number of alkyl halides is 1. The number of halogens is 1. The van der Waals surface area contributed by atoms with Crippen molar-refractivity contribution in [3.8, 4) is 17.0 Å². The van der Waals surface area contributed by atoms with E-state index in [0.29, 0.717) is 15.9 Å². The number of ether oxygens (including phenoxy) is 1. The van der Waals surface area contributed by atoms with E-state index in [1.807, 2.05) is 35.1 Å². The van der Waals surface area contributed by atoms with Crippen LogP contribution in [0, 0.1) is 5.92 Å². The lowest BCUT2D eigenvalue weighted by atomic mass is 10.1. The fourth-order valence-corrected chi connectivity index (χ4v) is 4.16. The van der Waals surface area contributed by atoms with Gasteiger partial charge in [0, 0.05) is 16.1 Å². The maximum Gasteiger partial charge on any atom is 0.118 e. The SMILES string of the molecule is COc1ccc(-c2cn([C@H]3C[C@@H](CO)C[C@@H]3I)nn2)cc1. The Morgan fingerprint density at radius 3 is 2.71 bits per heavy atom.